The first-order chi connectivity index (χ1) is 28.3. The highest BCUT2D eigenvalue weighted by Gasteiger charge is 2.21. The highest BCUT2D eigenvalue weighted by Crippen LogP contribution is 2.45. The van der Waals surface area contributed by atoms with Crippen molar-refractivity contribution in [3.8, 4) is 51.0 Å². The van der Waals surface area contributed by atoms with E-state index in [0.29, 0.717) is 17.5 Å². The average Bonchev–Trinajstić information content (AvgIpc) is 3.96. The maximum Gasteiger partial charge on any atom is 0.167 e. The summed E-state index contributed by atoms with van der Waals surface area (Å²) in [5, 5.41) is 7.14. The van der Waals surface area contributed by atoms with Crippen molar-refractivity contribution < 1.29 is 4.42 Å². The van der Waals surface area contributed by atoms with Gasteiger partial charge in [-0.15, -0.1) is 11.3 Å². The van der Waals surface area contributed by atoms with Crippen LogP contribution in [0.1, 0.15) is 0 Å². The van der Waals surface area contributed by atoms with Gasteiger partial charge in [0.15, 0.2) is 17.5 Å². The maximum absolute atomic E-state index is 6.75. The number of fused-ring (bicyclic) bond motifs is 9. The third kappa shape index (κ3) is 4.98. The van der Waals surface area contributed by atoms with E-state index in [0.717, 1.165) is 49.8 Å². The van der Waals surface area contributed by atoms with Gasteiger partial charge in [0, 0.05) is 52.8 Å². The second-order valence-electron chi connectivity index (χ2n) is 14.3. The van der Waals surface area contributed by atoms with E-state index in [1.165, 1.54) is 47.7 Å². The van der Waals surface area contributed by atoms with Crippen LogP contribution < -0.4 is 0 Å². The van der Waals surface area contributed by atoms with Crippen molar-refractivity contribution in [2.75, 3.05) is 0 Å². The van der Waals surface area contributed by atoms with Crippen molar-refractivity contribution in [3.63, 3.8) is 0 Å². The number of thiophene rings is 1. The van der Waals surface area contributed by atoms with Gasteiger partial charge >= 0.3 is 0 Å². The number of aromatic nitrogens is 4. The van der Waals surface area contributed by atoms with Crippen LogP contribution in [0.4, 0.5) is 0 Å². The summed E-state index contributed by atoms with van der Waals surface area (Å²) < 4.78 is 11.7. The molecule has 0 unspecified atom stereocenters. The van der Waals surface area contributed by atoms with Crippen LogP contribution in [0.15, 0.2) is 186 Å². The zero-order valence-electron chi connectivity index (χ0n) is 30.4. The van der Waals surface area contributed by atoms with E-state index in [1.807, 2.05) is 78.1 Å². The van der Waals surface area contributed by atoms with Crippen molar-refractivity contribution in [2.45, 2.75) is 0 Å². The zero-order chi connectivity index (χ0) is 37.5. The summed E-state index contributed by atoms with van der Waals surface area (Å²) in [5.41, 5.74) is 10.1. The van der Waals surface area contributed by atoms with E-state index in [1.54, 1.807) is 0 Å². The lowest BCUT2D eigenvalue weighted by Gasteiger charge is -2.10. The summed E-state index contributed by atoms with van der Waals surface area (Å²) in [6.45, 7) is 0. The number of para-hydroxylation sites is 3. The normalized spacial score (nSPS) is 11.9. The van der Waals surface area contributed by atoms with Gasteiger partial charge in [0.1, 0.15) is 11.2 Å². The minimum absolute atomic E-state index is 0.569. The second-order valence-corrected chi connectivity index (χ2v) is 15.4. The summed E-state index contributed by atoms with van der Waals surface area (Å²) in [5.74, 6) is 1.80. The van der Waals surface area contributed by atoms with Crippen molar-refractivity contribution >= 4 is 75.3 Å². The van der Waals surface area contributed by atoms with Gasteiger partial charge in [-0.1, -0.05) is 140 Å². The molecule has 0 N–H and O–H groups in total. The Labute approximate surface area is 330 Å². The van der Waals surface area contributed by atoms with E-state index < -0.39 is 0 Å². The molecule has 0 fully saturated rings. The number of rotatable bonds is 5. The third-order valence-corrected chi connectivity index (χ3v) is 12.2. The first kappa shape index (κ1) is 31.9. The van der Waals surface area contributed by atoms with E-state index in [9.17, 15) is 0 Å². The van der Waals surface area contributed by atoms with Crippen LogP contribution in [0.25, 0.3) is 115 Å². The molecule has 0 bridgehead atoms. The molecule has 0 radical (unpaired) electrons. The predicted molar refractivity (Wildman–Crippen MR) is 236 cm³/mol. The van der Waals surface area contributed by atoms with Crippen LogP contribution in [0.2, 0.25) is 0 Å². The molecule has 12 aromatic rings. The molecule has 4 aromatic heterocycles. The average molecular weight is 747 g/mol. The number of hydrogen-bond acceptors (Lipinski definition) is 5. The fourth-order valence-corrected chi connectivity index (χ4v) is 9.70. The lowest BCUT2D eigenvalue weighted by atomic mass is 9.97. The number of hydrogen-bond donors (Lipinski definition) is 0. The summed E-state index contributed by atoms with van der Waals surface area (Å²) in [6, 6.07) is 63.7. The lowest BCUT2D eigenvalue weighted by Crippen LogP contribution is -2.00. The molecule has 0 saturated carbocycles. The Morgan fingerprint density at radius 1 is 0.404 bits per heavy atom. The fourth-order valence-electron chi connectivity index (χ4n) is 8.54. The largest absolute Gasteiger partial charge is 0.455 e. The van der Waals surface area contributed by atoms with Crippen molar-refractivity contribution in [2.24, 2.45) is 0 Å². The SMILES string of the molecule is c1ccc(-c2nc(-c3ccccc3)nc(-c3cccc4c3oc3cccc(-c5ccc6c(c5)sc5cccc(-n7c8ccccc8c8ccccc87)c56)c34)n2)cc1. The summed E-state index contributed by atoms with van der Waals surface area (Å²) in [7, 11) is 0. The van der Waals surface area contributed by atoms with Gasteiger partial charge in [-0.25, -0.2) is 15.0 Å². The molecule has 12 rings (SSSR count). The van der Waals surface area contributed by atoms with Gasteiger partial charge in [-0.3, -0.25) is 0 Å². The first-order valence-corrected chi connectivity index (χ1v) is 19.8. The molecule has 4 heterocycles. The summed E-state index contributed by atoms with van der Waals surface area (Å²) in [4.78, 5) is 15.0. The van der Waals surface area contributed by atoms with Crippen LogP contribution >= 0.6 is 11.3 Å². The molecule has 5 nitrogen and oxygen atoms in total. The molecular formula is C51H30N4OS. The molecule has 0 spiro atoms. The second kappa shape index (κ2) is 12.6. The van der Waals surface area contributed by atoms with Gasteiger partial charge in [0.05, 0.1) is 22.3 Å². The number of furan rings is 1. The summed E-state index contributed by atoms with van der Waals surface area (Å²) >= 11 is 1.84. The molecule has 0 saturated heterocycles. The van der Waals surface area contributed by atoms with E-state index in [4.69, 9.17) is 19.4 Å². The Bertz CT molecular complexity index is 3420. The zero-order valence-corrected chi connectivity index (χ0v) is 31.2. The molecular weight excluding hydrogens is 717 g/mol. The van der Waals surface area contributed by atoms with E-state index in [-0.39, 0.29) is 0 Å². The minimum atomic E-state index is 0.569. The van der Waals surface area contributed by atoms with Gasteiger partial charge in [-0.2, -0.15) is 0 Å². The summed E-state index contributed by atoms with van der Waals surface area (Å²) in [6.07, 6.45) is 0. The Kier molecular flexibility index (Phi) is 7.03. The standard InChI is InChI=1S/C51H30N4OS/c1-3-14-31(15-4-1)49-52-50(32-16-5-2-6-17-32)54-51(53-49)39-22-11-21-38-46-34(20-12-26-43(46)56-48(38)39)33-28-29-37-45(30-33)57-44-27-13-25-42(47(37)44)55-40-23-9-7-18-35(40)36-19-8-10-24-41(36)55/h1-30H. The Balaban J connectivity index is 1.03. The van der Waals surface area contributed by atoms with E-state index >= 15 is 0 Å². The molecule has 0 aliphatic rings. The number of benzene rings is 8. The molecule has 0 aliphatic heterocycles. The van der Waals surface area contributed by atoms with Crippen LogP contribution in [0.5, 0.6) is 0 Å². The Morgan fingerprint density at radius 3 is 1.72 bits per heavy atom. The highest BCUT2D eigenvalue weighted by atomic mass is 32.1. The Morgan fingerprint density at radius 2 is 1.00 bits per heavy atom. The predicted octanol–water partition coefficient (Wildman–Crippen LogP) is 13.9. The molecule has 266 valence electrons. The van der Waals surface area contributed by atoms with Crippen LogP contribution in [-0.2, 0) is 0 Å². The number of nitrogens with zero attached hydrogens (tertiary/aromatic N) is 4. The highest BCUT2D eigenvalue weighted by molar-refractivity contribution is 7.26. The smallest absolute Gasteiger partial charge is 0.167 e. The fraction of sp³-hybridized carbons (Fsp3) is 0. The van der Waals surface area contributed by atoms with Gasteiger partial charge in [-0.05, 0) is 53.6 Å². The topological polar surface area (TPSA) is 56.7 Å². The molecule has 8 aromatic carbocycles. The molecule has 57 heavy (non-hydrogen) atoms. The van der Waals surface area contributed by atoms with Crippen molar-refractivity contribution in [1.29, 1.82) is 0 Å². The maximum atomic E-state index is 6.75. The molecule has 0 aliphatic carbocycles. The van der Waals surface area contributed by atoms with Crippen LogP contribution in [-0.4, -0.2) is 19.5 Å². The Hall–Kier alpha value is -7.41. The van der Waals surface area contributed by atoms with Crippen molar-refractivity contribution in [3.05, 3.63) is 182 Å². The molecule has 6 heteroatoms. The monoisotopic (exact) mass is 746 g/mol. The van der Waals surface area contributed by atoms with Crippen molar-refractivity contribution in [1.82, 2.24) is 19.5 Å². The lowest BCUT2D eigenvalue weighted by molar-refractivity contribution is 0.669. The van der Waals surface area contributed by atoms with Gasteiger partial charge in [0.2, 0.25) is 0 Å². The third-order valence-electron chi connectivity index (χ3n) is 11.1. The van der Waals surface area contributed by atoms with Crippen LogP contribution in [0, 0.1) is 0 Å². The van der Waals surface area contributed by atoms with E-state index in [2.05, 4.69) is 120 Å². The van der Waals surface area contributed by atoms with Gasteiger partial charge < -0.3 is 8.98 Å². The van der Waals surface area contributed by atoms with Crippen LogP contribution in [0.3, 0.4) is 0 Å². The quantitative estimate of drug-likeness (QED) is 0.176. The molecule has 0 amide bonds. The van der Waals surface area contributed by atoms with Gasteiger partial charge in [0.25, 0.3) is 0 Å². The molecule has 0 atom stereocenters. The first-order valence-electron chi connectivity index (χ1n) is 19.0. The minimum Gasteiger partial charge on any atom is -0.455 e.